The Balaban J connectivity index is 1.78. The third-order valence-corrected chi connectivity index (χ3v) is 4.17. The molecule has 28 heavy (non-hydrogen) atoms. The minimum Gasteiger partial charge on any atom is -0.494 e. The summed E-state index contributed by atoms with van der Waals surface area (Å²) in [7, 11) is 0. The summed E-state index contributed by atoms with van der Waals surface area (Å²) in [5.41, 5.74) is 7.64. The van der Waals surface area contributed by atoms with Gasteiger partial charge in [0, 0.05) is 24.0 Å². The number of hydrazine groups is 1. The fraction of sp³-hybridized carbons (Fsp3) is 0.318. The van der Waals surface area contributed by atoms with Crippen molar-refractivity contribution in [3.63, 3.8) is 0 Å². The molecular weight excluding hydrogens is 356 g/mol. The summed E-state index contributed by atoms with van der Waals surface area (Å²) in [5, 5.41) is 0. The average Bonchev–Trinajstić information content (AvgIpc) is 2.69. The second-order valence-corrected chi connectivity index (χ2v) is 6.62. The van der Waals surface area contributed by atoms with Gasteiger partial charge in [0.05, 0.1) is 6.61 Å². The van der Waals surface area contributed by atoms with Crippen molar-refractivity contribution >= 4 is 17.6 Å². The normalized spacial score (nSPS) is 10.2. The minimum atomic E-state index is -0.422. The number of rotatable bonds is 8. The van der Waals surface area contributed by atoms with Crippen molar-refractivity contribution in [2.75, 3.05) is 6.61 Å². The fourth-order valence-corrected chi connectivity index (χ4v) is 2.65. The Morgan fingerprint density at radius 3 is 2.29 bits per heavy atom. The van der Waals surface area contributed by atoms with Crippen molar-refractivity contribution in [1.29, 1.82) is 0 Å². The standard InChI is InChI=1S/C22H26N2O4/c1-4-13-28-18-8-6-17(7-9-18)20(25)11-12-21(26)23-24-22(27)19-10-5-15(2)14-16(19)3/h5-10,14H,4,11-13H2,1-3H3,(H,23,26)(H,24,27). The van der Waals surface area contributed by atoms with Crippen LogP contribution in [0.5, 0.6) is 5.75 Å². The molecule has 0 saturated heterocycles. The molecule has 148 valence electrons. The van der Waals surface area contributed by atoms with Gasteiger partial charge in [-0.15, -0.1) is 0 Å². The number of nitrogens with one attached hydrogen (secondary N) is 2. The van der Waals surface area contributed by atoms with Crippen LogP contribution in [0.2, 0.25) is 0 Å². The van der Waals surface area contributed by atoms with Crippen LogP contribution in [0, 0.1) is 13.8 Å². The topological polar surface area (TPSA) is 84.5 Å². The average molecular weight is 382 g/mol. The van der Waals surface area contributed by atoms with Gasteiger partial charge in [-0.1, -0.05) is 24.6 Å². The molecule has 2 aromatic carbocycles. The van der Waals surface area contributed by atoms with E-state index in [9.17, 15) is 14.4 Å². The van der Waals surface area contributed by atoms with Crippen molar-refractivity contribution in [3.8, 4) is 5.75 Å². The lowest BCUT2D eigenvalue weighted by Gasteiger charge is -2.10. The Hall–Kier alpha value is -3.15. The molecule has 0 atom stereocenters. The van der Waals surface area contributed by atoms with Gasteiger partial charge in [-0.05, 0) is 56.2 Å². The van der Waals surface area contributed by atoms with E-state index in [1.54, 1.807) is 30.3 Å². The van der Waals surface area contributed by atoms with Crippen LogP contribution in [0.25, 0.3) is 0 Å². The summed E-state index contributed by atoms with van der Waals surface area (Å²) < 4.78 is 5.48. The third kappa shape index (κ3) is 6.23. The highest BCUT2D eigenvalue weighted by Gasteiger charge is 2.12. The number of ketones is 1. The van der Waals surface area contributed by atoms with Crippen LogP contribution in [-0.2, 0) is 4.79 Å². The summed E-state index contributed by atoms with van der Waals surface area (Å²) >= 11 is 0. The zero-order valence-corrected chi connectivity index (χ0v) is 16.5. The zero-order valence-electron chi connectivity index (χ0n) is 16.5. The predicted molar refractivity (Wildman–Crippen MR) is 107 cm³/mol. The number of ether oxygens (including phenoxy) is 1. The largest absolute Gasteiger partial charge is 0.494 e. The van der Waals surface area contributed by atoms with E-state index in [2.05, 4.69) is 10.9 Å². The zero-order chi connectivity index (χ0) is 20.5. The Morgan fingerprint density at radius 2 is 1.64 bits per heavy atom. The van der Waals surface area contributed by atoms with E-state index in [1.807, 2.05) is 32.9 Å². The van der Waals surface area contributed by atoms with Crippen molar-refractivity contribution < 1.29 is 19.1 Å². The van der Waals surface area contributed by atoms with Gasteiger partial charge in [-0.2, -0.15) is 0 Å². The first kappa shape index (κ1) is 21.2. The number of carbonyl (C=O) groups is 3. The molecule has 0 radical (unpaired) electrons. The maximum absolute atomic E-state index is 12.2. The molecule has 0 spiro atoms. The van der Waals surface area contributed by atoms with E-state index in [0.717, 1.165) is 17.5 Å². The van der Waals surface area contributed by atoms with E-state index in [-0.39, 0.29) is 24.5 Å². The second kappa shape index (κ2) is 10.3. The number of hydrogen-bond donors (Lipinski definition) is 2. The molecule has 0 fully saturated rings. The number of Topliss-reactive ketones (excluding diaryl/α,β-unsaturated/α-hetero) is 1. The lowest BCUT2D eigenvalue weighted by molar-refractivity contribution is -0.121. The number of hydrogen-bond acceptors (Lipinski definition) is 4. The molecule has 0 aliphatic rings. The van der Waals surface area contributed by atoms with Crippen molar-refractivity contribution in [3.05, 3.63) is 64.7 Å². The molecule has 2 rings (SSSR count). The predicted octanol–water partition coefficient (Wildman–Crippen LogP) is 3.52. The Kier molecular flexibility index (Phi) is 7.75. The van der Waals surface area contributed by atoms with E-state index < -0.39 is 5.91 Å². The van der Waals surface area contributed by atoms with E-state index in [4.69, 9.17) is 4.74 Å². The van der Waals surface area contributed by atoms with E-state index in [0.29, 0.717) is 23.5 Å². The SMILES string of the molecule is CCCOc1ccc(C(=O)CCC(=O)NNC(=O)c2ccc(C)cc2C)cc1. The Bertz CT molecular complexity index is 844. The summed E-state index contributed by atoms with van der Waals surface area (Å²) in [5.74, 6) is -0.239. The van der Waals surface area contributed by atoms with Crippen LogP contribution in [0.15, 0.2) is 42.5 Å². The molecule has 0 unspecified atom stereocenters. The number of carbonyl (C=O) groups excluding carboxylic acids is 3. The highest BCUT2D eigenvalue weighted by Crippen LogP contribution is 2.14. The summed E-state index contributed by atoms with van der Waals surface area (Å²) in [6.07, 6.45) is 0.955. The summed E-state index contributed by atoms with van der Waals surface area (Å²) in [4.78, 5) is 36.3. The number of aryl methyl sites for hydroxylation is 2. The molecular formula is C22H26N2O4. The van der Waals surface area contributed by atoms with Crippen LogP contribution < -0.4 is 15.6 Å². The molecule has 0 saturated carbocycles. The van der Waals surface area contributed by atoms with E-state index in [1.165, 1.54) is 0 Å². The van der Waals surface area contributed by atoms with Crippen LogP contribution >= 0.6 is 0 Å². The number of amides is 2. The first-order valence-electron chi connectivity index (χ1n) is 9.33. The van der Waals surface area contributed by atoms with Gasteiger partial charge in [-0.25, -0.2) is 0 Å². The molecule has 0 aromatic heterocycles. The Morgan fingerprint density at radius 1 is 0.929 bits per heavy atom. The molecule has 6 nitrogen and oxygen atoms in total. The van der Waals surface area contributed by atoms with Crippen molar-refractivity contribution in [2.45, 2.75) is 40.0 Å². The van der Waals surface area contributed by atoms with E-state index >= 15 is 0 Å². The van der Waals surface area contributed by atoms with Gasteiger partial charge in [0.1, 0.15) is 5.75 Å². The van der Waals surface area contributed by atoms with Crippen molar-refractivity contribution in [2.24, 2.45) is 0 Å². The van der Waals surface area contributed by atoms with Gasteiger partial charge in [0.25, 0.3) is 5.91 Å². The molecule has 2 amide bonds. The maximum Gasteiger partial charge on any atom is 0.269 e. The third-order valence-electron chi connectivity index (χ3n) is 4.17. The smallest absolute Gasteiger partial charge is 0.269 e. The monoisotopic (exact) mass is 382 g/mol. The molecule has 0 heterocycles. The second-order valence-electron chi connectivity index (χ2n) is 6.62. The highest BCUT2D eigenvalue weighted by atomic mass is 16.5. The van der Waals surface area contributed by atoms with Crippen LogP contribution in [0.1, 0.15) is 58.0 Å². The molecule has 2 N–H and O–H groups in total. The fourth-order valence-electron chi connectivity index (χ4n) is 2.65. The van der Waals surface area contributed by atoms with Gasteiger partial charge in [-0.3, -0.25) is 25.2 Å². The lowest BCUT2D eigenvalue weighted by atomic mass is 10.1. The number of benzene rings is 2. The minimum absolute atomic E-state index is 0.0138. The molecule has 2 aromatic rings. The quantitative estimate of drug-likeness (QED) is 0.540. The maximum atomic E-state index is 12.2. The van der Waals surface area contributed by atoms with Crippen molar-refractivity contribution in [1.82, 2.24) is 10.9 Å². The lowest BCUT2D eigenvalue weighted by Crippen LogP contribution is -2.41. The summed E-state index contributed by atoms with van der Waals surface area (Å²) in [6, 6.07) is 12.3. The van der Waals surface area contributed by atoms with Gasteiger partial charge < -0.3 is 4.74 Å². The Labute approximate surface area is 165 Å². The first-order valence-corrected chi connectivity index (χ1v) is 9.33. The van der Waals surface area contributed by atoms with Crippen LogP contribution in [-0.4, -0.2) is 24.2 Å². The first-order chi connectivity index (χ1) is 13.4. The molecule has 0 aliphatic heterocycles. The molecule has 0 bridgehead atoms. The molecule has 6 heteroatoms. The highest BCUT2D eigenvalue weighted by molar-refractivity contribution is 5.99. The van der Waals surface area contributed by atoms with Crippen LogP contribution in [0.4, 0.5) is 0 Å². The summed E-state index contributed by atoms with van der Waals surface area (Å²) in [6.45, 7) is 6.43. The van der Waals surface area contributed by atoms with Gasteiger partial charge in [0.2, 0.25) is 5.91 Å². The van der Waals surface area contributed by atoms with Crippen LogP contribution in [0.3, 0.4) is 0 Å². The van der Waals surface area contributed by atoms with Gasteiger partial charge in [0.15, 0.2) is 5.78 Å². The van der Waals surface area contributed by atoms with Gasteiger partial charge >= 0.3 is 0 Å². The molecule has 0 aliphatic carbocycles.